The van der Waals surface area contributed by atoms with E-state index in [1.165, 1.54) is 0 Å². The molecule has 1 aliphatic rings. The van der Waals surface area contributed by atoms with Gasteiger partial charge in [-0.05, 0) is 19.1 Å². The smallest absolute Gasteiger partial charge is 0.254 e. The van der Waals surface area contributed by atoms with Crippen LogP contribution in [0.5, 0.6) is 0 Å². The number of carbonyl (C=O) groups is 1. The molecule has 0 atom stereocenters. The molecule has 2 N–H and O–H groups in total. The number of benzene rings is 1. The van der Waals surface area contributed by atoms with Gasteiger partial charge in [-0.1, -0.05) is 0 Å². The van der Waals surface area contributed by atoms with Crippen molar-refractivity contribution in [3.63, 3.8) is 0 Å². The van der Waals surface area contributed by atoms with Crippen molar-refractivity contribution in [2.24, 2.45) is 0 Å². The molecule has 0 radical (unpaired) electrons. The third-order valence-electron chi connectivity index (χ3n) is 4.16. The SMILES string of the molecule is Cc1nc(NCCNC(=O)c2ccc(F)c(F)c2F)cc(N2CCOCC2)n1. The molecule has 1 aromatic carbocycles. The first kappa shape index (κ1) is 19.9. The van der Waals surface area contributed by atoms with E-state index < -0.39 is 28.9 Å². The van der Waals surface area contributed by atoms with E-state index in [1.807, 2.05) is 0 Å². The van der Waals surface area contributed by atoms with Gasteiger partial charge in [0.2, 0.25) is 0 Å². The zero-order valence-electron chi connectivity index (χ0n) is 15.3. The number of halogens is 3. The Morgan fingerprint density at radius 3 is 2.64 bits per heavy atom. The average molecular weight is 395 g/mol. The highest BCUT2D eigenvalue weighted by Gasteiger charge is 2.18. The number of aryl methyl sites for hydroxylation is 1. The molecule has 2 heterocycles. The van der Waals surface area contributed by atoms with E-state index in [0.29, 0.717) is 37.5 Å². The van der Waals surface area contributed by atoms with Gasteiger partial charge in [0.15, 0.2) is 17.5 Å². The lowest BCUT2D eigenvalue weighted by Gasteiger charge is -2.28. The van der Waals surface area contributed by atoms with Gasteiger partial charge >= 0.3 is 0 Å². The number of nitrogens with one attached hydrogen (secondary N) is 2. The fourth-order valence-electron chi connectivity index (χ4n) is 2.76. The van der Waals surface area contributed by atoms with Gasteiger partial charge in [0.25, 0.3) is 5.91 Å². The zero-order valence-corrected chi connectivity index (χ0v) is 15.3. The normalized spacial score (nSPS) is 14.1. The Kier molecular flexibility index (Phi) is 6.30. The second-order valence-corrected chi connectivity index (χ2v) is 6.16. The molecule has 2 aromatic rings. The molecule has 28 heavy (non-hydrogen) atoms. The maximum atomic E-state index is 13.6. The van der Waals surface area contributed by atoms with E-state index >= 15 is 0 Å². The Hall–Kier alpha value is -2.88. The Morgan fingerprint density at radius 1 is 1.14 bits per heavy atom. The second-order valence-electron chi connectivity index (χ2n) is 6.16. The van der Waals surface area contributed by atoms with Crippen LogP contribution < -0.4 is 15.5 Å². The number of aromatic nitrogens is 2. The number of rotatable bonds is 6. The minimum Gasteiger partial charge on any atom is -0.378 e. The largest absolute Gasteiger partial charge is 0.378 e. The first-order chi connectivity index (χ1) is 13.5. The van der Waals surface area contributed by atoms with E-state index in [4.69, 9.17) is 4.74 Å². The first-order valence-corrected chi connectivity index (χ1v) is 8.79. The maximum Gasteiger partial charge on any atom is 0.254 e. The average Bonchev–Trinajstić information content (AvgIpc) is 2.69. The molecule has 0 unspecified atom stereocenters. The summed E-state index contributed by atoms with van der Waals surface area (Å²) < 4.78 is 45.1. The van der Waals surface area contributed by atoms with Gasteiger partial charge in [-0.25, -0.2) is 23.1 Å². The van der Waals surface area contributed by atoms with Crippen LogP contribution >= 0.6 is 0 Å². The van der Waals surface area contributed by atoms with Crippen molar-refractivity contribution in [1.29, 1.82) is 0 Å². The molecule has 3 rings (SSSR count). The Morgan fingerprint density at radius 2 is 1.89 bits per heavy atom. The summed E-state index contributed by atoms with van der Waals surface area (Å²) in [7, 11) is 0. The van der Waals surface area contributed by atoms with Gasteiger partial charge < -0.3 is 20.3 Å². The molecule has 1 amide bonds. The van der Waals surface area contributed by atoms with Crippen molar-refractivity contribution in [3.8, 4) is 0 Å². The lowest BCUT2D eigenvalue weighted by atomic mass is 10.2. The summed E-state index contributed by atoms with van der Waals surface area (Å²) in [6.07, 6.45) is 0. The Bertz CT molecular complexity index is 859. The number of amides is 1. The second kappa shape index (κ2) is 8.87. The molecule has 1 fully saturated rings. The van der Waals surface area contributed by atoms with Gasteiger partial charge in [0.05, 0.1) is 18.8 Å². The van der Waals surface area contributed by atoms with Gasteiger partial charge in [-0.3, -0.25) is 4.79 Å². The van der Waals surface area contributed by atoms with E-state index in [-0.39, 0.29) is 6.54 Å². The van der Waals surface area contributed by atoms with Crippen LogP contribution in [0.2, 0.25) is 0 Å². The summed E-state index contributed by atoms with van der Waals surface area (Å²) in [6, 6.07) is 3.41. The number of hydrogen-bond acceptors (Lipinski definition) is 6. The molecule has 150 valence electrons. The number of hydrogen-bond donors (Lipinski definition) is 2. The summed E-state index contributed by atoms with van der Waals surface area (Å²) in [5.74, 6) is -3.38. The van der Waals surface area contributed by atoms with E-state index in [0.717, 1.165) is 25.0 Å². The van der Waals surface area contributed by atoms with Gasteiger partial charge in [0.1, 0.15) is 17.5 Å². The van der Waals surface area contributed by atoms with Gasteiger partial charge in [-0.15, -0.1) is 0 Å². The fourth-order valence-corrected chi connectivity index (χ4v) is 2.76. The number of anilines is 2. The molecule has 1 aromatic heterocycles. The van der Waals surface area contributed by atoms with Crippen LogP contribution in [-0.4, -0.2) is 55.3 Å². The number of morpholine rings is 1. The highest BCUT2D eigenvalue weighted by molar-refractivity contribution is 5.94. The first-order valence-electron chi connectivity index (χ1n) is 8.79. The van der Waals surface area contributed by atoms with Crippen LogP contribution in [0.1, 0.15) is 16.2 Å². The van der Waals surface area contributed by atoms with Crippen LogP contribution in [-0.2, 0) is 4.74 Å². The number of ether oxygens (including phenoxy) is 1. The monoisotopic (exact) mass is 395 g/mol. The van der Waals surface area contributed by atoms with Crippen molar-refractivity contribution in [2.75, 3.05) is 49.6 Å². The lowest BCUT2D eigenvalue weighted by Crippen LogP contribution is -2.37. The quantitative estimate of drug-likeness (QED) is 0.574. The topological polar surface area (TPSA) is 79.4 Å². The van der Waals surface area contributed by atoms with Crippen molar-refractivity contribution in [2.45, 2.75) is 6.92 Å². The Labute approximate surface area is 159 Å². The number of nitrogens with zero attached hydrogens (tertiary/aromatic N) is 3. The third-order valence-corrected chi connectivity index (χ3v) is 4.16. The zero-order chi connectivity index (χ0) is 20.1. The van der Waals surface area contributed by atoms with Crippen molar-refractivity contribution in [3.05, 3.63) is 47.0 Å². The predicted octanol–water partition coefficient (Wildman–Crippen LogP) is 1.88. The highest BCUT2D eigenvalue weighted by Crippen LogP contribution is 2.17. The fraction of sp³-hybridized carbons (Fsp3) is 0.389. The summed E-state index contributed by atoms with van der Waals surface area (Å²) in [5, 5.41) is 5.50. The van der Waals surface area contributed by atoms with Crippen molar-refractivity contribution < 1.29 is 22.7 Å². The standard InChI is InChI=1S/C18H20F3N5O2/c1-11-24-14(10-15(25-11)26-6-8-28-9-7-26)22-4-5-23-18(27)12-2-3-13(19)17(21)16(12)20/h2-3,10H,4-9H2,1H3,(H,23,27)(H,22,24,25). The summed E-state index contributed by atoms with van der Waals surface area (Å²) in [5.41, 5.74) is -0.550. The summed E-state index contributed by atoms with van der Waals surface area (Å²) >= 11 is 0. The Balaban J connectivity index is 1.54. The summed E-state index contributed by atoms with van der Waals surface area (Å²) in [4.78, 5) is 22.8. The van der Waals surface area contributed by atoms with Gasteiger partial charge in [0, 0.05) is 32.2 Å². The summed E-state index contributed by atoms with van der Waals surface area (Å²) in [6.45, 7) is 4.97. The van der Waals surface area contributed by atoms with Crippen LogP contribution in [0.25, 0.3) is 0 Å². The molecule has 1 saturated heterocycles. The van der Waals surface area contributed by atoms with Crippen LogP contribution in [0, 0.1) is 24.4 Å². The molecule has 7 nitrogen and oxygen atoms in total. The van der Waals surface area contributed by atoms with E-state index in [2.05, 4.69) is 25.5 Å². The van der Waals surface area contributed by atoms with Crippen LogP contribution in [0.4, 0.5) is 24.8 Å². The predicted molar refractivity (Wildman–Crippen MR) is 96.9 cm³/mol. The molecule has 0 saturated carbocycles. The third kappa shape index (κ3) is 4.69. The molecule has 0 spiro atoms. The van der Waals surface area contributed by atoms with Gasteiger partial charge in [-0.2, -0.15) is 0 Å². The molecule has 1 aliphatic heterocycles. The highest BCUT2D eigenvalue weighted by atomic mass is 19.2. The molecular formula is C18H20F3N5O2. The molecular weight excluding hydrogens is 375 g/mol. The van der Waals surface area contributed by atoms with Crippen molar-refractivity contribution >= 4 is 17.5 Å². The lowest BCUT2D eigenvalue weighted by molar-refractivity contribution is 0.0950. The van der Waals surface area contributed by atoms with E-state index in [1.54, 1.807) is 13.0 Å². The number of carbonyl (C=O) groups excluding carboxylic acids is 1. The molecule has 0 bridgehead atoms. The van der Waals surface area contributed by atoms with Crippen LogP contribution in [0.3, 0.4) is 0 Å². The van der Waals surface area contributed by atoms with Crippen LogP contribution in [0.15, 0.2) is 18.2 Å². The minimum atomic E-state index is -1.67. The van der Waals surface area contributed by atoms with E-state index in [9.17, 15) is 18.0 Å². The maximum absolute atomic E-state index is 13.6. The molecule has 10 heteroatoms. The molecule has 0 aliphatic carbocycles. The van der Waals surface area contributed by atoms with Crippen molar-refractivity contribution in [1.82, 2.24) is 15.3 Å². The minimum absolute atomic E-state index is 0.132.